The van der Waals surface area contributed by atoms with Gasteiger partial charge in [-0.05, 0) is 48.7 Å². The molecule has 2 heterocycles. The molecular formula is C28H35N5O6. The van der Waals surface area contributed by atoms with Crippen LogP contribution >= 0.6 is 0 Å². The molecule has 11 heteroatoms. The molecule has 5 amide bonds. The molecule has 2 aliphatic rings. The normalized spacial score (nSPS) is 19.9. The van der Waals surface area contributed by atoms with Crippen molar-refractivity contribution in [2.75, 3.05) is 47.3 Å². The number of hydrogen-bond acceptors (Lipinski definition) is 6. The highest BCUT2D eigenvalue weighted by molar-refractivity contribution is 5.96. The maximum Gasteiger partial charge on any atom is 0.317 e. The number of piperidine rings is 1. The van der Waals surface area contributed by atoms with Crippen LogP contribution in [0.2, 0.25) is 0 Å². The van der Waals surface area contributed by atoms with Crippen LogP contribution in [0.1, 0.15) is 27.9 Å². The second-order valence-electron chi connectivity index (χ2n) is 10.1. The van der Waals surface area contributed by atoms with Gasteiger partial charge in [0, 0.05) is 39.8 Å². The Balaban J connectivity index is 1.55. The molecule has 2 aliphatic heterocycles. The summed E-state index contributed by atoms with van der Waals surface area (Å²) in [6.07, 6.45) is 0.135. The number of hydrogen-bond donors (Lipinski definition) is 2. The van der Waals surface area contributed by atoms with Crippen molar-refractivity contribution < 1.29 is 28.7 Å². The molecule has 0 aliphatic carbocycles. The van der Waals surface area contributed by atoms with Gasteiger partial charge in [0.1, 0.15) is 11.5 Å². The fraction of sp³-hybridized carbons (Fsp3) is 0.429. The van der Waals surface area contributed by atoms with Crippen LogP contribution in [-0.2, 0) is 20.9 Å². The smallest absolute Gasteiger partial charge is 0.317 e. The van der Waals surface area contributed by atoms with Crippen molar-refractivity contribution in [3.05, 3.63) is 59.2 Å². The third kappa shape index (κ3) is 7.05. The summed E-state index contributed by atoms with van der Waals surface area (Å²) in [5.41, 5.74) is 2.17. The second-order valence-corrected chi connectivity index (χ2v) is 10.1. The van der Waals surface area contributed by atoms with Crippen LogP contribution in [0.5, 0.6) is 11.5 Å². The van der Waals surface area contributed by atoms with Crippen LogP contribution in [-0.4, -0.2) is 97.9 Å². The number of carbonyl (C=O) groups is 4. The first-order valence-corrected chi connectivity index (χ1v) is 12.9. The summed E-state index contributed by atoms with van der Waals surface area (Å²) in [4.78, 5) is 55.1. The highest BCUT2D eigenvalue weighted by atomic mass is 16.5. The molecule has 0 saturated carbocycles. The Morgan fingerprint density at radius 2 is 1.95 bits per heavy atom. The van der Waals surface area contributed by atoms with Gasteiger partial charge in [-0.15, -0.1) is 0 Å². The van der Waals surface area contributed by atoms with Crippen molar-refractivity contribution in [1.82, 2.24) is 25.3 Å². The number of rotatable bonds is 2. The minimum atomic E-state index is -0.499. The number of likely N-dealkylation sites (tertiary alicyclic amines) is 1. The fourth-order valence-electron chi connectivity index (χ4n) is 4.55. The van der Waals surface area contributed by atoms with E-state index in [9.17, 15) is 19.2 Å². The van der Waals surface area contributed by atoms with E-state index in [0.717, 1.165) is 11.1 Å². The van der Waals surface area contributed by atoms with Crippen LogP contribution in [0.25, 0.3) is 0 Å². The van der Waals surface area contributed by atoms with E-state index in [4.69, 9.17) is 9.47 Å². The molecule has 1 fully saturated rings. The second kappa shape index (κ2) is 12.2. The number of ether oxygens (including phenoxy) is 2. The average Bonchev–Trinajstić information content (AvgIpc) is 2.91. The molecular weight excluding hydrogens is 502 g/mol. The molecule has 208 valence electrons. The first kappa shape index (κ1) is 27.9. The molecule has 11 nitrogen and oxygen atoms in total. The molecule has 0 unspecified atom stereocenters. The van der Waals surface area contributed by atoms with Gasteiger partial charge in [-0.25, -0.2) is 4.79 Å². The zero-order chi connectivity index (χ0) is 28.1. The summed E-state index contributed by atoms with van der Waals surface area (Å²) in [6.45, 7) is 2.51. The van der Waals surface area contributed by atoms with E-state index in [-0.39, 0.29) is 49.5 Å². The highest BCUT2D eigenvalue weighted by Gasteiger charge is 2.34. The van der Waals surface area contributed by atoms with Gasteiger partial charge in [-0.1, -0.05) is 18.2 Å². The Labute approximate surface area is 228 Å². The molecule has 0 aromatic heterocycles. The number of fused-ring (bicyclic) bond motifs is 5. The standard InChI is InChI=1S/C28H35N5O6/c1-18-8-9-20-13-24(18)39-21-7-5-6-19(12-21)17-38-23-10-11-33(26(35)14-29-28(37)31(2)3)15-22(23)30-25(34)16-32(4)27(20)36/h5-9,12-13,22-23H,10-11,14-17H2,1-4H3,(H,29,37)(H,30,34)/t22-,23+/m0/s1. The van der Waals surface area contributed by atoms with E-state index in [1.54, 1.807) is 38.2 Å². The molecule has 1 saturated heterocycles. The van der Waals surface area contributed by atoms with E-state index in [1.165, 1.54) is 9.80 Å². The van der Waals surface area contributed by atoms with E-state index in [1.807, 2.05) is 37.3 Å². The van der Waals surface area contributed by atoms with Gasteiger partial charge in [-0.3, -0.25) is 14.4 Å². The molecule has 0 radical (unpaired) electrons. The predicted molar refractivity (Wildman–Crippen MR) is 143 cm³/mol. The number of urea groups is 1. The van der Waals surface area contributed by atoms with Gasteiger partial charge in [0.15, 0.2) is 0 Å². The average molecular weight is 538 g/mol. The zero-order valence-electron chi connectivity index (χ0n) is 22.7. The molecule has 2 atom stereocenters. The minimum absolute atomic E-state index is 0.147. The summed E-state index contributed by atoms with van der Waals surface area (Å²) in [6, 6.07) is 11.9. The molecule has 39 heavy (non-hydrogen) atoms. The predicted octanol–water partition coefficient (Wildman–Crippen LogP) is 1.75. The molecule has 2 aromatic rings. The number of amides is 5. The molecule has 2 N–H and O–H groups in total. The largest absolute Gasteiger partial charge is 0.457 e. The van der Waals surface area contributed by atoms with Crippen LogP contribution in [0.3, 0.4) is 0 Å². The number of nitrogens with zero attached hydrogens (tertiary/aromatic N) is 3. The summed E-state index contributed by atoms with van der Waals surface area (Å²) in [7, 11) is 4.75. The number of nitrogens with one attached hydrogen (secondary N) is 2. The van der Waals surface area contributed by atoms with Gasteiger partial charge < -0.3 is 34.8 Å². The van der Waals surface area contributed by atoms with Crippen molar-refractivity contribution in [3.63, 3.8) is 0 Å². The Morgan fingerprint density at radius 1 is 1.15 bits per heavy atom. The SMILES string of the molecule is Cc1ccc2cc1Oc1cccc(c1)CO[C@@H]1CCN(C(=O)CNC(=O)N(C)C)C[C@@H]1NC(=O)CN(C)C2=O. The summed E-state index contributed by atoms with van der Waals surface area (Å²) < 4.78 is 12.4. The van der Waals surface area contributed by atoms with Crippen molar-refractivity contribution >= 4 is 23.8 Å². The lowest BCUT2D eigenvalue weighted by atomic mass is 10.0. The van der Waals surface area contributed by atoms with Crippen LogP contribution in [0.15, 0.2) is 42.5 Å². The highest BCUT2D eigenvalue weighted by Crippen LogP contribution is 2.28. The van der Waals surface area contributed by atoms with E-state index < -0.39 is 6.04 Å². The summed E-state index contributed by atoms with van der Waals surface area (Å²) in [5.74, 6) is 0.243. The first-order valence-electron chi connectivity index (χ1n) is 12.9. The van der Waals surface area contributed by atoms with Crippen LogP contribution < -0.4 is 15.4 Å². The topological polar surface area (TPSA) is 121 Å². The van der Waals surface area contributed by atoms with Gasteiger partial charge in [0.05, 0.1) is 31.8 Å². The third-order valence-electron chi connectivity index (χ3n) is 6.80. The van der Waals surface area contributed by atoms with Gasteiger partial charge >= 0.3 is 6.03 Å². The van der Waals surface area contributed by atoms with Crippen LogP contribution in [0.4, 0.5) is 4.79 Å². The molecule has 4 rings (SSSR count). The maximum atomic E-state index is 13.1. The van der Waals surface area contributed by atoms with Gasteiger partial charge in [0.25, 0.3) is 5.91 Å². The molecule has 2 aromatic carbocycles. The van der Waals surface area contributed by atoms with Crippen molar-refractivity contribution in [3.8, 4) is 11.5 Å². The van der Waals surface area contributed by atoms with Crippen molar-refractivity contribution in [1.29, 1.82) is 0 Å². The van der Waals surface area contributed by atoms with E-state index >= 15 is 0 Å². The number of carbonyl (C=O) groups excluding carboxylic acids is 4. The lowest BCUT2D eigenvalue weighted by Crippen LogP contribution is -2.59. The van der Waals surface area contributed by atoms with Crippen molar-refractivity contribution in [2.45, 2.75) is 32.1 Å². The third-order valence-corrected chi connectivity index (χ3v) is 6.80. The number of likely N-dealkylation sites (N-methyl/N-ethyl adjacent to an activating group) is 1. The van der Waals surface area contributed by atoms with E-state index in [0.29, 0.717) is 36.6 Å². The van der Waals surface area contributed by atoms with Crippen molar-refractivity contribution in [2.24, 2.45) is 0 Å². The molecule has 0 spiro atoms. The lowest BCUT2D eigenvalue weighted by molar-refractivity contribution is -0.136. The molecule has 4 bridgehead atoms. The number of benzene rings is 2. The Bertz CT molecular complexity index is 1250. The quantitative estimate of drug-likeness (QED) is 0.602. The Morgan fingerprint density at radius 3 is 2.72 bits per heavy atom. The monoisotopic (exact) mass is 537 g/mol. The lowest BCUT2D eigenvalue weighted by Gasteiger charge is -2.39. The first-order chi connectivity index (χ1) is 18.6. The minimum Gasteiger partial charge on any atom is -0.457 e. The fourth-order valence-corrected chi connectivity index (χ4v) is 4.55. The zero-order valence-corrected chi connectivity index (χ0v) is 22.7. The van der Waals surface area contributed by atoms with Gasteiger partial charge in [0.2, 0.25) is 11.8 Å². The van der Waals surface area contributed by atoms with Gasteiger partial charge in [-0.2, -0.15) is 0 Å². The van der Waals surface area contributed by atoms with Crippen LogP contribution in [0, 0.1) is 6.92 Å². The Kier molecular flexibility index (Phi) is 8.70. The number of aryl methyl sites for hydroxylation is 1. The summed E-state index contributed by atoms with van der Waals surface area (Å²) in [5, 5.41) is 5.55. The van der Waals surface area contributed by atoms with E-state index in [2.05, 4.69) is 10.6 Å². The maximum absolute atomic E-state index is 13.1. The Hall–Kier alpha value is -4.12. The summed E-state index contributed by atoms with van der Waals surface area (Å²) >= 11 is 0.